The van der Waals surface area contributed by atoms with Gasteiger partial charge in [-0.3, -0.25) is 13.8 Å². The van der Waals surface area contributed by atoms with Crippen LogP contribution in [0.15, 0.2) is 24.3 Å². The lowest BCUT2D eigenvalue weighted by atomic mass is 10.3. The number of benzene rings is 1. The molecule has 1 rings (SSSR count). The van der Waals surface area contributed by atoms with E-state index in [9.17, 15) is 13.8 Å². The number of esters is 1. The fourth-order valence-electron chi connectivity index (χ4n) is 1.58. The molecule has 0 radical (unpaired) electrons. The van der Waals surface area contributed by atoms with Gasteiger partial charge in [-0.2, -0.15) is 0 Å². The van der Waals surface area contributed by atoms with E-state index < -0.39 is 22.0 Å². The second-order valence-corrected chi connectivity index (χ2v) is 6.25. The fraction of sp³-hybridized carbons (Fsp3) is 0.429. The molecule has 1 aromatic rings. The molecule has 0 aliphatic rings. The number of carbonyl (C=O) groups excluding carboxylic acids is 2. The molecule has 6 nitrogen and oxygen atoms in total. The number of hydrogen-bond acceptors (Lipinski definition) is 5. The van der Waals surface area contributed by atoms with E-state index in [1.807, 2.05) is 0 Å². The third kappa shape index (κ3) is 5.95. The topological polar surface area (TPSA) is 81.7 Å². The quantitative estimate of drug-likeness (QED) is 0.768. The molecule has 2 unspecified atom stereocenters. The van der Waals surface area contributed by atoms with E-state index in [0.717, 1.165) is 0 Å². The first-order valence-corrected chi connectivity index (χ1v) is 7.72. The summed E-state index contributed by atoms with van der Waals surface area (Å²) in [4.78, 5) is 22.9. The van der Waals surface area contributed by atoms with E-state index in [1.165, 1.54) is 14.2 Å². The van der Waals surface area contributed by atoms with Crippen molar-refractivity contribution in [2.75, 3.05) is 25.3 Å². The highest BCUT2D eigenvalue weighted by Crippen LogP contribution is 2.16. The van der Waals surface area contributed by atoms with Gasteiger partial charge in [0.15, 0.2) is 0 Å². The maximum Gasteiger partial charge on any atom is 0.306 e. The van der Waals surface area contributed by atoms with E-state index >= 15 is 0 Å². The molecule has 1 N–H and O–H groups in total. The molecule has 0 aliphatic carbocycles. The molecule has 7 heteroatoms. The van der Waals surface area contributed by atoms with Crippen molar-refractivity contribution < 1.29 is 23.3 Å². The molecule has 0 aliphatic heterocycles. The number of ether oxygens (including phenoxy) is 2. The molecule has 21 heavy (non-hydrogen) atoms. The summed E-state index contributed by atoms with van der Waals surface area (Å²) in [6.45, 7) is 1.64. The monoisotopic (exact) mass is 313 g/mol. The van der Waals surface area contributed by atoms with Gasteiger partial charge in [0.05, 0.1) is 20.6 Å². The molecule has 0 saturated heterocycles. The van der Waals surface area contributed by atoms with Crippen molar-refractivity contribution in [2.45, 2.75) is 18.6 Å². The first kappa shape index (κ1) is 17.2. The number of nitrogens with one attached hydrogen (secondary N) is 1. The number of rotatable bonds is 7. The molecule has 0 bridgehead atoms. The van der Waals surface area contributed by atoms with Gasteiger partial charge in [-0.05, 0) is 12.1 Å². The zero-order valence-corrected chi connectivity index (χ0v) is 13.1. The summed E-state index contributed by atoms with van der Waals surface area (Å²) >= 11 is 0. The van der Waals surface area contributed by atoms with Crippen LogP contribution in [0.25, 0.3) is 0 Å². The first-order chi connectivity index (χ1) is 9.96. The summed E-state index contributed by atoms with van der Waals surface area (Å²) in [5, 5.41) is 2.20. The van der Waals surface area contributed by atoms with Gasteiger partial charge in [0.25, 0.3) is 0 Å². The molecule has 0 aromatic heterocycles. The number of anilines is 1. The maximum atomic E-state index is 11.9. The second-order valence-electron chi connectivity index (χ2n) is 4.40. The molecule has 0 fully saturated rings. The molecule has 0 saturated carbocycles. The van der Waals surface area contributed by atoms with Crippen LogP contribution in [-0.4, -0.2) is 41.3 Å². The zero-order chi connectivity index (χ0) is 15.8. The Morgan fingerprint density at radius 3 is 2.67 bits per heavy atom. The highest BCUT2D eigenvalue weighted by Gasteiger charge is 2.18. The van der Waals surface area contributed by atoms with Crippen molar-refractivity contribution >= 4 is 28.4 Å². The average molecular weight is 313 g/mol. The van der Waals surface area contributed by atoms with Gasteiger partial charge in [-0.15, -0.1) is 0 Å². The lowest BCUT2D eigenvalue weighted by molar-refractivity contribution is -0.140. The Balaban J connectivity index is 2.52. The molecule has 1 amide bonds. The lowest BCUT2D eigenvalue weighted by Gasteiger charge is -2.11. The summed E-state index contributed by atoms with van der Waals surface area (Å²) in [6, 6.07) is 6.87. The maximum absolute atomic E-state index is 11.9. The van der Waals surface area contributed by atoms with Gasteiger partial charge in [-0.1, -0.05) is 13.0 Å². The van der Waals surface area contributed by atoms with Gasteiger partial charge < -0.3 is 14.8 Å². The second kappa shape index (κ2) is 8.41. The largest absolute Gasteiger partial charge is 0.497 e. The zero-order valence-electron chi connectivity index (χ0n) is 12.3. The third-order valence-corrected chi connectivity index (χ3v) is 4.37. The smallest absolute Gasteiger partial charge is 0.306 e. The van der Waals surface area contributed by atoms with Crippen LogP contribution in [0.4, 0.5) is 5.69 Å². The van der Waals surface area contributed by atoms with Crippen LogP contribution in [0.2, 0.25) is 0 Å². The molecule has 116 valence electrons. The Hall–Kier alpha value is -1.89. The van der Waals surface area contributed by atoms with Gasteiger partial charge in [0.2, 0.25) is 5.91 Å². The summed E-state index contributed by atoms with van der Waals surface area (Å²) in [5.41, 5.74) is 0.567. The Bertz CT molecular complexity index is 532. The van der Waals surface area contributed by atoms with Crippen LogP contribution in [0.5, 0.6) is 5.75 Å². The highest BCUT2D eigenvalue weighted by atomic mass is 32.2. The normalized spacial score (nSPS) is 13.1. The SMILES string of the molecule is COC(=O)CC(C)S(=O)CC(=O)Nc1cccc(OC)c1. The highest BCUT2D eigenvalue weighted by molar-refractivity contribution is 7.86. The van der Waals surface area contributed by atoms with Gasteiger partial charge in [-0.25, -0.2) is 0 Å². The van der Waals surface area contributed by atoms with Gasteiger partial charge >= 0.3 is 5.97 Å². The minimum absolute atomic E-state index is 0.0234. The van der Waals surface area contributed by atoms with Crippen molar-refractivity contribution in [3.8, 4) is 5.75 Å². The Morgan fingerprint density at radius 2 is 2.05 bits per heavy atom. The molecule has 1 aromatic carbocycles. The average Bonchev–Trinajstić information content (AvgIpc) is 2.46. The molecular formula is C14H19NO5S. The van der Waals surface area contributed by atoms with Crippen LogP contribution >= 0.6 is 0 Å². The van der Waals surface area contributed by atoms with Crippen molar-refractivity contribution in [1.82, 2.24) is 0 Å². The number of carbonyl (C=O) groups is 2. The van der Waals surface area contributed by atoms with Gasteiger partial charge in [0, 0.05) is 27.8 Å². The predicted octanol–water partition coefficient (Wildman–Crippen LogP) is 1.33. The third-order valence-electron chi connectivity index (χ3n) is 2.76. The number of hydrogen-bond donors (Lipinski definition) is 1. The van der Waals surface area contributed by atoms with Gasteiger partial charge in [0.1, 0.15) is 11.5 Å². The van der Waals surface area contributed by atoms with E-state index in [2.05, 4.69) is 10.1 Å². The van der Waals surface area contributed by atoms with Crippen molar-refractivity contribution in [3.05, 3.63) is 24.3 Å². The number of amides is 1. The summed E-state index contributed by atoms with van der Waals surface area (Å²) < 4.78 is 21.5. The predicted molar refractivity (Wildman–Crippen MR) is 80.7 cm³/mol. The van der Waals surface area contributed by atoms with Crippen LogP contribution in [0, 0.1) is 0 Å². The fourth-order valence-corrected chi connectivity index (χ4v) is 2.52. The summed E-state index contributed by atoms with van der Waals surface area (Å²) in [7, 11) is 1.36. The van der Waals surface area contributed by atoms with Crippen molar-refractivity contribution in [3.63, 3.8) is 0 Å². The molecule has 0 spiro atoms. The van der Waals surface area contributed by atoms with E-state index in [0.29, 0.717) is 11.4 Å². The summed E-state index contributed by atoms with van der Waals surface area (Å²) in [6.07, 6.45) is 0.0234. The Kier molecular flexibility index (Phi) is 6.87. The molecule has 0 heterocycles. The van der Waals surface area contributed by atoms with Crippen LogP contribution < -0.4 is 10.1 Å². The van der Waals surface area contributed by atoms with Crippen molar-refractivity contribution in [1.29, 1.82) is 0 Å². The number of methoxy groups -OCH3 is 2. The molecular weight excluding hydrogens is 294 g/mol. The van der Waals surface area contributed by atoms with Crippen LogP contribution in [0.1, 0.15) is 13.3 Å². The van der Waals surface area contributed by atoms with E-state index in [4.69, 9.17) is 4.74 Å². The Labute approximate surface area is 126 Å². The van der Waals surface area contributed by atoms with Crippen molar-refractivity contribution in [2.24, 2.45) is 0 Å². The van der Waals surface area contributed by atoms with E-state index in [1.54, 1.807) is 31.2 Å². The Morgan fingerprint density at radius 1 is 1.33 bits per heavy atom. The first-order valence-electron chi connectivity index (χ1n) is 6.34. The van der Waals surface area contributed by atoms with Crippen LogP contribution in [0.3, 0.4) is 0 Å². The van der Waals surface area contributed by atoms with Crippen LogP contribution in [-0.2, 0) is 25.1 Å². The van der Waals surface area contributed by atoms with E-state index in [-0.39, 0.29) is 18.1 Å². The minimum atomic E-state index is -1.44. The minimum Gasteiger partial charge on any atom is -0.497 e. The lowest BCUT2D eigenvalue weighted by Crippen LogP contribution is -2.26. The standard InChI is InChI=1S/C14H19NO5S/c1-10(7-14(17)20-3)21(18)9-13(16)15-11-5-4-6-12(8-11)19-2/h4-6,8,10H,7,9H2,1-3H3,(H,15,16). The summed E-state index contributed by atoms with van der Waals surface area (Å²) in [5.74, 6) is -0.370. The molecule has 2 atom stereocenters.